The number of carboxylic acid groups (broad SMARTS) is 1. The summed E-state index contributed by atoms with van der Waals surface area (Å²) in [6.45, 7) is 1.28. The minimum Gasteiger partial charge on any atom is -0.504 e. The Balaban J connectivity index is 3.42. The summed E-state index contributed by atoms with van der Waals surface area (Å²) in [6.07, 6.45) is 0. The maximum Gasteiger partial charge on any atom is 0.310 e. The number of benzene rings is 1. The Morgan fingerprint density at radius 1 is 1.53 bits per heavy atom. The topological polar surface area (TPSA) is 77.8 Å². The Bertz CT molecular complexity index is 419. The molecule has 1 rings (SSSR count). The monoisotopic (exact) mass is 278 g/mol. The van der Waals surface area contributed by atoms with Crippen LogP contribution in [-0.4, -0.2) is 21.3 Å². The third kappa shape index (κ3) is 2.04. The minimum absolute atomic E-state index is 0.144. The first-order valence-electron chi connectivity index (χ1n) is 3.98. The number of aromatic hydroxyl groups is 2. The van der Waals surface area contributed by atoms with Crippen LogP contribution < -0.4 is 0 Å². The molecule has 1 atom stereocenters. The van der Waals surface area contributed by atoms with Gasteiger partial charge in [0, 0.05) is 11.6 Å². The lowest BCUT2D eigenvalue weighted by Gasteiger charge is -2.12. The van der Waals surface area contributed by atoms with Gasteiger partial charge in [0.1, 0.15) is 5.82 Å². The summed E-state index contributed by atoms with van der Waals surface area (Å²) in [5.74, 6) is -4.43. The number of phenolic OH excluding ortho intramolecular Hbond substituents is 2. The van der Waals surface area contributed by atoms with E-state index in [1.165, 1.54) is 6.92 Å². The average Bonchev–Trinajstić information content (AvgIpc) is 2.14. The van der Waals surface area contributed by atoms with E-state index in [-0.39, 0.29) is 10.0 Å². The fourth-order valence-electron chi connectivity index (χ4n) is 1.13. The molecule has 0 aliphatic carbocycles. The molecule has 0 fully saturated rings. The summed E-state index contributed by atoms with van der Waals surface area (Å²) < 4.78 is 13.2. The summed E-state index contributed by atoms with van der Waals surface area (Å²) in [4.78, 5) is 10.7. The van der Waals surface area contributed by atoms with E-state index in [9.17, 15) is 14.3 Å². The zero-order valence-corrected chi connectivity index (χ0v) is 9.25. The van der Waals surface area contributed by atoms with Crippen molar-refractivity contribution in [1.82, 2.24) is 0 Å². The second kappa shape index (κ2) is 4.06. The molecule has 0 saturated carbocycles. The Kier molecular flexibility index (Phi) is 3.18. The van der Waals surface area contributed by atoms with Crippen molar-refractivity contribution in [3.63, 3.8) is 0 Å². The molecule has 0 spiro atoms. The number of hydrogen-bond donors (Lipinski definition) is 3. The van der Waals surface area contributed by atoms with Gasteiger partial charge in [-0.3, -0.25) is 4.79 Å². The van der Waals surface area contributed by atoms with E-state index in [2.05, 4.69) is 15.9 Å². The number of carboxylic acids is 1. The van der Waals surface area contributed by atoms with Crippen LogP contribution in [0.5, 0.6) is 11.5 Å². The first-order chi connectivity index (χ1) is 6.86. The van der Waals surface area contributed by atoms with Gasteiger partial charge in [0.15, 0.2) is 11.5 Å². The first-order valence-corrected chi connectivity index (χ1v) is 4.78. The predicted molar refractivity (Wildman–Crippen MR) is 53.5 cm³/mol. The van der Waals surface area contributed by atoms with E-state index in [1.807, 2.05) is 0 Å². The summed E-state index contributed by atoms with van der Waals surface area (Å²) in [5, 5.41) is 27.1. The van der Waals surface area contributed by atoms with Gasteiger partial charge in [-0.15, -0.1) is 0 Å². The number of rotatable bonds is 2. The zero-order valence-electron chi connectivity index (χ0n) is 7.66. The van der Waals surface area contributed by atoms with E-state index in [0.29, 0.717) is 6.07 Å². The molecule has 0 aliphatic heterocycles. The molecule has 1 unspecified atom stereocenters. The van der Waals surface area contributed by atoms with Crippen molar-refractivity contribution in [1.29, 1.82) is 0 Å². The van der Waals surface area contributed by atoms with Crippen LogP contribution in [0.1, 0.15) is 18.4 Å². The maximum absolute atomic E-state index is 13.3. The number of aliphatic carboxylic acids is 1. The molecular weight excluding hydrogens is 271 g/mol. The van der Waals surface area contributed by atoms with Crippen LogP contribution >= 0.6 is 15.9 Å². The fraction of sp³-hybridized carbons (Fsp3) is 0.222. The van der Waals surface area contributed by atoms with E-state index in [1.54, 1.807) is 0 Å². The molecule has 0 aliphatic rings. The van der Waals surface area contributed by atoms with Crippen molar-refractivity contribution in [2.24, 2.45) is 0 Å². The van der Waals surface area contributed by atoms with Crippen molar-refractivity contribution in [3.8, 4) is 11.5 Å². The number of phenols is 2. The van der Waals surface area contributed by atoms with E-state index in [4.69, 9.17) is 10.2 Å². The SMILES string of the molecule is CC(C(=O)O)c1c(F)cc(O)c(O)c1Br. The Morgan fingerprint density at radius 3 is 2.53 bits per heavy atom. The lowest BCUT2D eigenvalue weighted by atomic mass is 10.0. The average molecular weight is 279 g/mol. The highest BCUT2D eigenvalue weighted by Crippen LogP contribution is 2.40. The Labute approximate surface area is 93.1 Å². The van der Waals surface area contributed by atoms with Crippen molar-refractivity contribution in [3.05, 3.63) is 21.9 Å². The third-order valence-electron chi connectivity index (χ3n) is 2.01. The molecule has 4 nitrogen and oxygen atoms in total. The smallest absolute Gasteiger partial charge is 0.310 e. The molecule has 82 valence electrons. The summed E-state index contributed by atoms with van der Waals surface area (Å²) in [6, 6.07) is 0.675. The van der Waals surface area contributed by atoms with Gasteiger partial charge < -0.3 is 15.3 Å². The molecule has 0 aromatic heterocycles. The molecule has 6 heteroatoms. The summed E-state index contributed by atoms with van der Waals surface area (Å²) in [5.41, 5.74) is -0.196. The van der Waals surface area contributed by atoms with Crippen molar-refractivity contribution >= 4 is 21.9 Å². The van der Waals surface area contributed by atoms with Crippen LogP contribution in [0.3, 0.4) is 0 Å². The largest absolute Gasteiger partial charge is 0.504 e. The Morgan fingerprint density at radius 2 is 2.07 bits per heavy atom. The molecule has 1 aromatic rings. The zero-order chi connectivity index (χ0) is 11.7. The summed E-state index contributed by atoms with van der Waals surface area (Å²) >= 11 is 2.84. The van der Waals surface area contributed by atoms with Crippen LogP contribution in [0.15, 0.2) is 10.5 Å². The highest BCUT2D eigenvalue weighted by Gasteiger charge is 2.24. The molecule has 0 heterocycles. The second-order valence-corrected chi connectivity index (χ2v) is 3.81. The van der Waals surface area contributed by atoms with Crippen LogP contribution in [0.2, 0.25) is 0 Å². The van der Waals surface area contributed by atoms with Gasteiger partial charge in [0.25, 0.3) is 0 Å². The Hall–Kier alpha value is -1.30. The lowest BCUT2D eigenvalue weighted by molar-refractivity contribution is -0.138. The molecule has 0 amide bonds. The molecular formula is C9H8BrFO4. The highest BCUT2D eigenvalue weighted by atomic mass is 79.9. The molecule has 0 radical (unpaired) electrons. The highest BCUT2D eigenvalue weighted by molar-refractivity contribution is 9.10. The summed E-state index contributed by atoms with van der Waals surface area (Å²) in [7, 11) is 0. The number of hydrogen-bond acceptors (Lipinski definition) is 3. The van der Waals surface area contributed by atoms with E-state index >= 15 is 0 Å². The van der Waals surface area contributed by atoms with Gasteiger partial charge in [0.05, 0.1) is 10.4 Å². The van der Waals surface area contributed by atoms with Crippen LogP contribution in [0.4, 0.5) is 4.39 Å². The maximum atomic E-state index is 13.3. The van der Waals surface area contributed by atoms with Crippen molar-refractivity contribution in [2.75, 3.05) is 0 Å². The van der Waals surface area contributed by atoms with Crippen LogP contribution in [0, 0.1) is 5.82 Å². The lowest BCUT2D eigenvalue weighted by Crippen LogP contribution is -2.10. The molecule has 15 heavy (non-hydrogen) atoms. The number of carbonyl (C=O) groups is 1. The number of halogens is 2. The van der Waals surface area contributed by atoms with Gasteiger partial charge in [-0.05, 0) is 22.9 Å². The molecule has 1 aromatic carbocycles. The minimum atomic E-state index is -1.22. The van der Waals surface area contributed by atoms with Crippen LogP contribution in [0.25, 0.3) is 0 Å². The normalized spacial score (nSPS) is 12.5. The van der Waals surface area contributed by atoms with Crippen molar-refractivity contribution < 1.29 is 24.5 Å². The van der Waals surface area contributed by atoms with Crippen molar-refractivity contribution in [2.45, 2.75) is 12.8 Å². The fourth-order valence-corrected chi connectivity index (χ4v) is 1.87. The standard InChI is InChI=1S/C9H8BrFO4/c1-3(9(14)15)6-4(11)2-5(12)8(13)7(6)10/h2-3,12-13H,1H3,(H,14,15). The van der Waals surface area contributed by atoms with Gasteiger partial charge in [-0.1, -0.05) is 0 Å². The third-order valence-corrected chi connectivity index (χ3v) is 2.81. The van der Waals surface area contributed by atoms with Gasteiger partial charge >= 0.3 is 5.97 Å². The van der Waals surface area contributed by atoms with Gasteiger partial charge in [-0.2, -0.15) is 0 Å². The van der Waals surface area contributed by atoms with E-state index < -0.39 is 29.2 Å². The molecule has 0 bridgehead atoms. The van der Waals surface area contributed by atoms with Gasteiger partial charge in [-0.25, -0.2) is 4.39 Å². The molecule has 0 saturated heterocycles. The van der Waals surface area contributed by atoms with E-state index in [0.717, 1.165) is 0 Å². The first kappa shape index (κ1) is 11.8. The van der Waals surface area contributed by atoms with Crippen LogP contribution in [-0.2, 0) is 4.79 Å². The predicted octanol–water partition coefficient (Wildman–Crippen LogP) is 2.19. The quantitative estimate of drug-likeness (QED) is 0.725. The second-order valence-electron chi connectivity index (χ2n) is 3.01. The van der Waals surface area contributed by atoms with Gasteiger partial charge in [0.2, 0.25) is 0 Å². The molecule has 3 N–H and O–H groups in total.